The van der Waals surface area contributed by atoms with Crippen molar-refractivity contribution < 1.29 is 0 Å². The monoisotopic (exact) mass is 1120 g/mol. The molecule has 12 aromatic carbocycles. The highest BCUT2D eigenvalue weighted by Gasteiger charge is 2.46. The first-order chi connectivity index (χ1) is 42.3. The molecule has 3 aromatic heterocycles. The van der Waals surface area contributed by atoms with Crippen molar-refractivity contribution in [3.05, 3.63) is 272 Å². The van der Waals surface area contributed by atoms with Crippen LogP contribution < -0.4 is 26.2 Å². The summed E-state index contributed by atoms with van der Waals surface area (Å²) in [6.07, 6.45) is 3.14. The van der Waals surface area contributed by atoms with Crippen LogP contribution in [0.5, 0.6) is 0 Å². The molecule has 0 N–H and O–H groups in total. The van der Waals surface area contributed by atoms with Crippen LogP contribution in [-0.4, -0.2) is 15.8 Å². The maximum atomic E-state index is 2.76. The molecule has 0 saturated heterocycles. The van der Waals surface area contributed by atoms with Crippen molar-refractivity contribution in [1.82, 2.24) is 9.13 Å². The van der Waals surface area contributed by atoms with E-state index in [0.717, 1.165) is 36.3 Å². The lowest BCUT2D eigenvalue weighted by atomic mass is 9.33. The highest BCUT2D eigenvalue weighted by Crippen LogP contribution is 2.54. The highest BCUT2D eigenvalue weighted by molar-refractivity contribution is 7.26. The minimum atomic E-state index is -0.248. The summed E-state index contributed by atoms with van der Waals surface area (Å²) in [5, 5.41) is 7.63. The first-order valence-electron chi connectivity index (χ1n) is 30.5. The molecule has 6 heteroatoms. The lowest BCUT2D eigenvalue weighted by Crippen LogP contribution is -2.61. The maximum absolute atomic E-state index is 2.76. The van der Waals surface area contributed by atoms with Crippen LogP contribution in [0.25, 0.3) is 97.4 Å². The second-order valence-corrected chi connectivity index (χ2v) is 25.7. The SMILES string of the molecule is CCCCc1ccc2sc3ccccc3c2c1N1c2cc(-n3c4ccccc4c4ccccc43)ccc2B2c3ccc(-n4c5ccccc5c5ccccc54)cc3N(c3c(-c4ccccc4)cccc3-c3ccccc3)c3cc(C(C)(C)C)cc1c32. The van der Waals surface area contributed by atoms with E-state index in [4.69, 9.17) is 0 Å². The summed E-state index contributed by atoms with van der Waals surface area (Å²) < 4.78 is 7.61. The van der Waals surface area contributed by atoms with Gasteiger partial charge >= 0.3 is 0 Å². The Kier molecular flexibility index (Phi) is 11.5. The maximum Gasteiger partial charge on any atom is 0.252 e. The lowest BCUT2D eigenvalue weighted by Gasteiger charge is -2.46. The number of benzene rings is 12. The van der Waals surface area contributed by atoms with Gasteiger partial charge < -0.3 is 18.9 Å². The molecule has 0 amide bonds. The third kappa shape index (κ3) is 7.62. The summed E-state index contributed by atoms with van der Waals surface area (Å²) in [4.78, 5) is 5.47. The van der Waals surface area contributed by atoms with Crippen LogP contribution in [0, 0.1) is 0 Å². The van der Waals surface area contributed by atoms with Gasteiger partial charge in [0.05, 0.1) is 33.4 Å². The zero-order chi connectivity index (χ0) is 57.4. The largest absolute Gasteiger partial charge is 0.310 e. The number of anilines is 6. The van der Waals surface area contributed by atoms with Crippen LogP contribution in [0.3, 0.4) is 0 Å². The highest BCUT2D eigenvalue weighted by atomic mass is 32.1. The number of unbranched alkanes of at least 4 members (excludes halogenated alkanes) is 1. The number of aryl methyl sites for hydroxylation is 1. The van der Waals surface area contributed by atoms with Crippen LogP contribution in [0.15, 0.2) is 261 Å². The van der Waals surface area contributed by atoms with E-state index >= 15 is 0 Å². The van der Waals surface area contributed by atoms with Crippen molar-refractivity contribution in [2.45, 2.75) is 52.4 Å². The topological polar surface area (TPSA) is 16.3 Å². The number of hydrogen-bond acceptors (Lipinski definition) is 3. The molecule has 0 saturated carbocycles. The third-order valence-corrected chi connectivity index (χ3v) is 19.8. The standard InChI is InChI=1S/C80H61BN4S/c1-5-6-24-53-41-46-75-76(63-33-17-22-40-74(63)86-75)78(53)84-70-49-55(82-66-36-18-13-29-59(66)60-30-14-19-37-67(60)82)42-44-64(70)81-65-45-43-56(83-68-38-20-15-31-61(68)62-32-16-21-39-69(62)83)50-71(65)85(73-48-54(80(2,3)4)47-72(84)77(73)81)79-57(51-25-9-7-10-26-51)34-23-35-58(79)52-27-11-8-12-28-52/h7-23,25-50H,5-6,24H2,1-4H3. The summed E-state index contributed by atoms with van der Waals surface area (Å²) >= 11 is 1.91. The van der Waals surface area contributed by atoms with Crippen molar-refractivity contribution in [3.8, 4) is 33.6 Å². The molecule has 0 aliphatic carbocycles. The molecule has 2 aliphatic heterocycles. The van der Waals surface area contributed by atoms with E-state index < -0.39 is 0 Å². The Bertz CT molecular complexity index is 5070. The molecule has 17 rings (SSSR count). The van der Waals surface area contributed by atoms with Gasteiger partial charge in [-0.2, -0.15) is 0 Å². The fourth-order valence-electron chi connectivity index (χ4n) is 14.7. The van der Waals surface area contributed by atoms with Crippen LogP contribution in [0.2, 0.25) is 0 Å². The molecule has 0 bridgehead atoms. The van der Waals surface area contributed by atoms with E-state index in [9.17, 15) is 0 Å². The first kappa shape index (κ1) is 50.6. The van der Waals surface area contributed by atoms with Crippen LogP contribution in [0.4, 0.5) is 34.1 Å². The zero-order valence-corrected chi connectivity index (χ0v) is 49.5. The van der Waals surface area contributed by atoms with Crippen molar-refractivity contribution >= 4 is 132 Å². The third-order valence-electron chi connectivity index (χ3n) is 18.6. The Morgan fingerprint density at radius 2 is 0.849 bits per heavy atom. The Morgan fingerprint density at radius 3 is 1.34 bits per heavy atom. The number of rotatable bonds is 9. The van der Waals surface area contributed by atoms with Gasteiger partial charge in [0.15, 0.2) is 0 Å². The van der Waals surface area contributed by atoms with Crippen molar-refractivity contribution in [2.75, 3.05) is 9.80 Å². The minimum Gasteiger partial charge on any atom is -0.310 e. The number of aromatic nitrogens is 2. The van der Waals surface area contributed by atoms with Gasteiger partial charge in [0.25, 0.3) is 6.71 Å². The van der Waals surface area contributed by atoms with E-state index in [2.05, 4.69) is 307 Å². The number of fused-ring (bicyclic) bond motifs is 13. The Morgan fingerprint density at radius 1 is 0.395 bits per heavy atom. The summed E-state index contributed by atoms with van der Waals surface area (Å²) in [6, 6.07) is 98.9. The number of thiophene rings is 1. The van der Waals surface area contributed by atoms with Gasteiger partial charge in [-0.1, -0.05) is 222 Å². The predicted octanol–water partition coefficient (Wildman–Crippen LogP) is 20.3. The van der Waals surface area contributed by atoms with Crippen LogP contribution in [-0.2, 0) is 11.8 Å². The van der Waals surface area contributed by atoms with E-state index in [1.807, 2.05) is 11.3 Å². The molecule has 15 aromatic rings. The second kappa shape index (κ2) is 19.6. The first-order valence-corrected chi connectivity index (χ1v) is 31.3. The van der Waals surface area contributed by atoms with Gasteiger partial charge in [0.2, 0.25) is 0 Å². The average Bonchev–Trinajstić information content (AvgIpc) is 0.759. The van der Waals surface area contributed by atoms with Crippen LogP contribution >= 0.6 is 11.3 Å². The quantitative estimate of drug-likeness (QED) is 0.134. The van der Waals surface area contributed by atoms with Gasteiger partial charge in [-0.3, -0.25) is 0 Å². The van der Waals surface area contributed by atoms with E-state index in [0.29, 0.717) is 0 Å². The number of nitrogens with zero attached hydrogens (tertiary/aromatic N) is 4. The van der Waals surface area contributed by atoms with E-state index in [-0.39, 0.29) is 12.1 Å². The predicted molar refractivity (Wildman–Crippen MR) is 370 cm³/mol. The Balaban J connectivity index is 1.05. The second-order valence-electron chi connectivity index (χ2n) is 24.6. The molecule has 0 radical (unpaired) electrons. The summed E-state index contributed by atoms with van der Waals surface area (Å²) in [5.41, 5.74) is 25.2. The average molecular weight is 1120 g/mol. The number of para-hydroxylation sites is 5. The minimum absolute atomic E-state index is 0.146. The molecule has 86 heavy (non-hydrogen) atoms. The van der Waals surface area contributed by atoms with Gasteiger partial charge in [-0.05, 0) is 130 Å². The molecule has 0 fully saturated rings. The molecule has 0 unspecified atom stereocenters. The summed E-state index contributed by atoms with van der Waals surface area (Å²) in [5.74, 6) is 0. The summed E-state index contributed by atoms with van der Waals surface area (Å²) in [7, 11) is 0. The Hall–Kier alpha value is -9.88. The van der Waals surface area contributed by atoms with Gasteiger partial charge in [0, 0.05) is 87.0 Å². The normalized spacial score (nSPS) is 13.0. The molecule has 5 heterocycles. The molecular weight excluding hydrogens is 1060 g/mol. The number of hydrogen-bond donors (Lipinski definition) is 0. The summed E-state index contributed by atoms with van der Waals surface area (Å²) in [6.45, 7) is 9.38. The van der Waals surface area contributed by atoms with Crippen LogP contribution in [0.1, 0.15) is 51.7 Å². The molecular formula is C80H61BN4S. The van der Waals surface area contributed by atoms with Gasteiger partial charge in [-0.15, -0.1) is 11.3 Å². The molecule has 0 spiro atoms. The lowest BCUT2D eigenvalue weighted by molar-refractivity contribution is 0.590. The molecule has 0 atom stereocenters. The van der Waals surface area contributed by atoms with Crippen molar-refractivity contribution in [2.24, 2.45) is 0 Å². The van der Waals surface area contributed by atoms with Gasteiger partial charge in [0.1, 0.15) is 0 Å². The van der Waals surface area contributed by atoms with Crippen molar-refractivity contribution in [1.29, 1.82) is 0 Å². The smallest absolute Gasteiger partial charge is 0.252 e. The molecule has 4 nitrogen and oxygen atoms in total. The molecule has 2 aliphatic rings. The fraction of sp³-hybridized carbons (Fsp3) is 0.100. The fourth-order valence-corrected chi connectivity index (χ4v) is 15.8. The van der Waals surface area contributed by atoms with E-state index in [1.54, 1.807) is 0 Å². The Labute approximate surface area is 506 Å². The van der Waals surface area contributed by atoms with Crippen molar-refractivity contribution in [3.63, 3.8) is 0 Å². The van der Waals surface area contributed by atoms with Gasteiger partial charge in [-0.25, -0.2) is 0 Å². The van der Waals surface area contributed by atoms with E-state index in [1.165, 1.54) is 142 Å². The molecule has 410 valence electrons. The zero-order valence-electron chi connectivity index (χ0n) is 48.7.